The number of hydrogen-bond donors (Lipinski definition) is 2. The van der Waals surface area contributed by atoms with E-state index in [0.717, 1.165) is 5.65 Å². The molecule has 2 aromatic rings. The lowest BCUT2D eigenvalue weighted by atomic mass is 10.2. The zero-order valence-corrected chi connectivity index (χ0v) is 11.9. The van der Waals surface area contributed by atoms with Crippen molar-refractivity contribution in [3.63, 3.8) is 0 Å². The number of aromatic nitrogens is 2. The molecule has 1 amide bonds. The van der Waals surface area contributed by atoms with Crippen molar-refractivity contribution in [1.29, 1.82) is 0 Å². The minimum atomic E-state index is -1.15. The number of imidazole rings is 1. The predicted octanol–water partition coefficient (Wildman–Crippen LogP) is 0.649. The molecule has 116 valence electrons. The van der Waals surface area contributed by atoms with Gasteiger partial charge in [0.15, 0.2) is 6.04 Å². The van der Waals surface area contributed by atoms with E-state index in [2.05, 4.69) is 16.9 Å². The maximum absolute atomic E-state index is 11.9. The first-order valence-corrected chi connectivity index (χ1v) is 6.73. The molecule has 0 saturated heterocycles. The Morgan fingerprint density at radius 2 is 2.32 bits per heavy atom. The fourth-order valence-electron chi connectivity index (χ4n) is 1.93. The van der Waals surface area contributed by atoms with Gasteiger partial charge in [-0.25, -0.2) is 9.78 Å². The van der Waals surface area contributed by atoms with Gasteiger partial charge in [0.1, 0.15) is 5.65 Å². The molecular weight excluding hydrogens is 286 g/mol. The van der Waals surface area contributed by atoms with Crippen LogP contribution >= 0.6 is 0 Å². The van der Waals surface area contributed by atoms with Crippen LogP contribution in [0.4, 0.5) is 0 Å². The van der Waals surface area contributed by atoms with Gasteiger partial charge < -0.3 is 19.6 Å². The lowest BCUT2D eigenvalue weighted by molar-refractivity contribution is -0.143. The molecule has 22 heavy (non-hydrogen) atoms. The number of hydrogen-bond acceptors (Lipinski definition) is 4. The Bertz CT molecular complexity index is 647. The van der Waals surface area contributed by atoms with Crippen LogP contribution in [0.2, 0.25) is 0 Å². The van der Waals surface area contributed by atoms with Crippen molar-refractivity contribution in [3.05, 3.63) is 48.9 Å². The van der Waals surface area contributed by atoms with E-state index in [9.17, 15) is 9.59 Å². The van der Waals surface area contributed by atoms with E-state index in [1.165, 1.54) is 6.08 Å². The van der Waals surface area contributed by atoms with Crippen molar-refractivity contribution in [2.75, 3.05) is 13.2 Å². The number of ether oxygens (including phenoxy) is 1. The molecule has 0 spiro atoms. The first-order valence-electron chi connectivity index (χ1n) is 6.73. The number of fused-ring (bicyclic) bond motifs is 1. The summed E-state index contributed by atoms with van der Waals surface area (Å²) in [5.41, 5.74) is 1.30. The third-order valence-corrected chi connectivity index (χ3v) is 2.91. The summed E-state index contributed by atoms with van der Waals surface area (Å²) >= 11 is 0. The van der Waals surface area contributed by atoms with Crippen LogP contribution in [0.3, 0.4) is 0 Å². The van der Waals surface area contributed by atoms with Crippen molar-refractivity contribution < 1.29 is 19.4 Å². The molecule has 0 bridgehead atoms. The summed E-state index contributed by atoms with van der Waals surface area (Å²) in [5, 5.41) is 11.5. The molecule has 7 heteroatoms. The highest BCUT2D eigenvalue weighted by atomic mass is 16.5. The molecule has 0 aliphatic rings. The first-order chi connectivity index (χ1) is 10.6. The number of aliphatic carboxylic acids is 1. The second-order valence-electron chi connectivity index (χ2n) is 4.66. The van der Waals surface area contributed by atoms with Gasteiger partial charge in [-0.2, -0.15) is 0 Å². The fraction of sp³-hybridized carbons (Fsp3) is 0.267. The zero-order chi connectivity index (χ0) is 15.9. The molecule has 1 unspecified atom stereocenters. The monoisotopic (exact) mass is 303 g/mol. The van der Waals surface area contributed by atoms with Crippen molar-refractivity contribution in [2.45, 2.75) is 12.5 Å². The number of carbonyl (C=O) groups excluding carboxylic acids is 1. The fourth-order valence-corrected chi connectivity index (χ4v) is 1.93. The molecule has 2 aromatic heterocycles. The van der Waals surface area contributed by atoms with E-state index in [-0.39, 0.29) is 19.6 Å². The summed E-state index contributed by atoms with van der Waals surface area (Å²) < 4.78 is 6.87. The summed E-state index contributed by atoms with van der Waals surface area (Å²) in [6.45, 7) is 3.58. The first kappa shape index (κ1) is 15.7. The number of pyridine rings is 1. The third kappa shape index (κ3) is 4.16. The molecule has 0 radical (unpaired) electrons. The predicted molar refractivity (Wildman–Crippen MR) is 79.5 cm³/mol. The quantitative estimate of drug-likeness (QED) is 0.552. The molecular formula is C15H17N3O4. The lowest BCUT2D eigenvalue weighted by Gasteiger charge is -2.13. The van der Waals surface area contributed by atoms with E-state index in [1.54, 1.807) is 10.6 Å². The Kier molecular flexibility index (Phi) is 5.26. The topological polar surface area (TPSA) is 92.9 Å². The summed E-state index contributed by atoms with van der Waals surface area (Å²) in [6.07, 6.45) is 5.08. The van der Waals surface area contributed by atoms with Gasteiger partial charge in [-0.3, -0.25) is 4.79 Å². The van der Waals surface area contributed by atoms with Crippen molar-refractivity contribution >= 4 is 17.5 Å². The highest BCUT2D eigenvalue weighted by Gasteiger charge is 2.20. The van der Waals surface area contributed by atoms with Crippen LogP contribution in [-0.2, 0) is 20.7 Å². The van der Waals surface area contributed by atoms with Gasteiger partial charge in [0.25, 0.3) is 0 Å². The number of carboxylic acid groups (broad SMARTS) is 1. The molecule has 2 N–H and O–H groups in total. The third-order valence-electron chi connectivity index (χ3n) is 2.91. The highest BCUT2D eigenvalue weighted by Crippen LogP contribution is 2.05. The number of nitrogens with one attached hydrogen (secondary N) is 1. The molecule has 2 rings (SSSR count). The number of carbonyl (C=O) groups is 2. The molecule has 0 aromatic carbocycles. The average molecular weight is 303 g/mol. The Balaban J connectivity index is 1.95. The van der Waals surface area contributed by atoms with Gasteiger partial charge in [0.2, 0.25) is 5.91 Å². The molecule has 2 heterocycles. The molecule has 0 aliphatic heterocycles. The second kappa shape index (κ2) is 7.37. The summed E-state index contributed by atoms with van der Waals surface area (Å²) in [6, 6.07) is 4.44. The summed E-state index contributed by atoms with van der Waals surface area (Å²) in [4.78, 5) is 27.3. The Labute approximate surface area is 127 Å². The van der Waals surface area contributed by atoms with E-state index >= 15 is 0 Å². The van der Waals surface area contributed by atoms with Crippen LogP contribution in [-0.4, -0.2) is 45.6 Å². The van der Waals surface area contributed by atoms with E-state index in [4.69, 9.17) is 9.84 Å². The normalized spacial score (nSPS) is 12.0. The average Bonchev–Trinajstić information content (AvgIpc) is 2.88. The Hall–Kier alpha value is -2.67. The van der Waals surface area contributed by atoms with Gasteiger partial charge in [0, 0.05) is 12.4 Å². The van der Waals surface area contributed by atoms with Gasteiger partial charge in [-0.1, -0.05) is 12.1 Å². The number of carboxylic acids is 1. The van der Waals surface area contributed by atoms with E-state index in [0.29, 0.717) is 5.69 Å². The van der Waals surface area contributed by atoms with Gasteiger partial charge in [0.05, 0.1) is 25.3 Å². The lowest BCUT2D eigenvalue weighted by Crippen LogP contribution is -2.44. The maximum atomic E-state index is 11.9. The minimum Gasteiger partial charge on any atom is -0.480 e. The Morgan fingerprint density at radius 1 is 1.50 bits per heavy atom. The largest absolute Gasteiger partial charge is 0.480 e. The van der Waals surface area contributed by atoms with Crippen LogP contribution in [0, 0.1) is 0 Å². The molecule has 0 fully saturated rings. The smallest absolute Gasteiger partial charge is 0.328 e. The number of amides is 1. The van der Waals surface area contributed by atoms with Crippen molar-refractivity contribution in [1.82, 2.24) is 14.7 Å². The summed E-state index contributed by atoms with van der Waals surface area (Å²) in [7, 11) is 0. The Morgan fingerprint density at radius 3 is 3.00 bits per heavy atom. The van der Waals surface area contributed by atoms with Crippen molar-refractivity contribution in [3.8, 4) is 0 Å². The summed E-state index contributed by atoms with van der Waals surface area (Å²) in [5.74, 6) is -1.56. The standard InChI is InChI=1S/C15H17N3O4/c1-2-7-22-10-12(15(20)21)17-14(19)8-11-9-18-6-4-3-5-13(18)16-11/h2-6,9,12H,1,7-8,10H2,(H,17,19)(H,20,21). The van der Waals surface area contributed by atoms with E-state index in [1.807, 2.05) is 24.4 Å². The van der Waals surface area contributed by atoms with Crippen molar-refractivity contribution in [2.24, 2.45) is 0 Å². The molecule has 0 saturated carbocycles. The maximum Gasteiger partial charge on any atom is 0.328 e. The van der Waals surface area contributed by atoms with Gasteiger partial charge in [-0.05, 0) is 12.1 Å². The van der Waals surface area contributed by atoms with Crippen LogP contribution in [0.5, 0.6) is 0 Å². The van der Waals surface area contributed by atoms with Crippen LogP contribution in [0.15, 0.2) is 43.2 Å². The second-order valence-corrected chi connectivity index (χ2v) is 4.66. The molecule has 7 nitrogen and oxygen atoms in total. The number of nitrogens with zero attached hydrogens (tertiary/aromatic N) is 2. The van der Waals surface area contributed by atoms with Crippen LogP contribution in [0.25, 0.3) is 5.65 Å². The zero-order valence-electron chi connectivity index (χ0n) is 11.9. The SMILES string of the molecule is C=CCOCC(NC(=O)Cc1cn2ccccc2n1)C(=O)O. The molecule has 0 aliphatic carbocycles. The van der Waals surface area contributed by atoms with Crippen LogP contribution in [0.1, 0.15) is 5.69 Å². The van der Waals surface area contributed by atoms with Gasteiger partial charge >= 0.3 is 5.97 Å². The number of rotatable bonds is 8. The van der Waals surface area contributed by atoms with Gasteiger partial charge in [-0.15, -0.1) is 6.58 Å². The molecule has 1 atom stereocenters. The van der Waals surface area contributed by atoms with E-state index < -0.39 is 17.9 Å². The minimum absolute atomic E-state index is 0.00686. The van der Waals surface area contributed by atoms with Crippen LogP contribution < -0.4 is 5.32 Å². The highest BCUT2D eigenvalue weighted by molar-refractivity contribution is 5.84.